The average molecular weight is 840 g/mol. The Kier molecular flexibility index (Phi) is 10.1. The van der Waals surface area contributed by atoms with Crippen LogP contribution in [0.15, 0.2) is 48.5 Å². The Morgan fingerprint density at radius 2 is 1.81 bits per heavy atom. The van der Waals surface area contributed by atoms with Crippen LogP contribution in [0.2, 0.25) is 5.02 Å². The summed E-state index contributed by atoms with van der Waals surface area (Å²) >= 11 is 6.60. The number of alkyl halides is 7. The number of carbonyl (C=O) groups is 1. The van der Waals surface area contributed by atoms with Crippen molar-refractivity contribution in [3.63, 3.8) is 0 Å². The quantitative estimate of drug-likeness (QED) is 0.109. The lowest BCUT2D eigenvalue weighted by molar-refractivity contribution is -0.176. The van der Waals surface area contributed by atoms with Crippen molar-refractivity contribution in [2.75, 3.05) is 11.0 Å². The Bertz CT molecular complexity index is 2520. The van der Waals surface area contributed by atoms with Crippen LogP contribution in [0, 0.1) is 17.7 Å². The zero-order valence-electron chi connectivity index (χ0n) is 29.7. The molecule has 10 nitrogen and oxygen atoms in total. The lowest BCUT2D eigenvalue weighted by atomic mass is 9.77. The molecule has 3 N–H and O–H groups in total. The number of carbonyl (C=O) groups excluding carboxylic acids is 1. The van der Waals surface area contributed by atoms with Crippen LogP contribution in [0.4, 0.5) is 40.9 Å². The van der Waals surface area contributed by atoms with Gasteiger partial charge in [0.1, 0.15) is 40.3 Å². The molecule has 3 aromatic heterocycles. The van der Waals surface area contributed by atoms with Crippen LogP contribution in [0.25, 0.3) is 22.0 Å². The number of aliphatic hydroxyl groups is 1. The van der Waals surface area contributed by atoms with E-state index >= 15 is 0 Å². The third kappa shape index (κ3) is 8.07. The number of amides is 1. The summed E-state index contributed by atoms with van der Waals surface area (Å²) in [7, 11) is 0.00158. The minimum absolute atomic E-state index is 0.00995. The first-order valence-corrected chi connectivity index (χ1v) is 19.1. The smallest absolute Gasteiger partial charge is 0.377 e. The van der Waals surface area contributed by atoms with E-state index in [1.165, 1.54) is 47.3 Å². The molecule has 2 aliphatic rings. The van der Waals surface area contributed by atoms with Gasteiger partial charge >= 0.3 is 6.18 Å². The summed E-state index contributed by atoms with van der Waals surface area (Å²) in [5.41, 5.74) is -3.98. The molecule has 300 valence electrons. The maximum atomic E-state index is 15.0. The Balaban J connectivity index is 1.37. The highest BCUT2D eigenvalue weighted by Crippen LogP contribution is 2.47. The van der Waals surface area contributed by atoms with Gasteiger partial charge in [0.25, 0.3) is 11.8 Å². The largest absolute Gasteiger partial charge is 0.435 e. The fraction of sp³-hybridized carbons (Fsp3) is 0.351. The number of halogens is 9. The first-order chi connectivity index (χ1) is 26.6. The molecule has 7 rings (SSSR count). The molecule has 0 radical (unpaired) electrons. The number of rotatable bonds is 9. The SMILES string of the molecule is Cn1nc(NS(C)=O)c2c(Cl)ccc(-c3ccc(C#CC4(O)CC(F)(F)C4)nc3[C@H](Cc3cccc(F)c3)NC(=O)Cn3nc(C(F)(F)F)c4c3C(F)(F)CC4)c21. The van der Waals surface area contributed by atoms with Crippen LogP contribution in [0.3, 0.4) is 0 Å². The molecule has 5 aromatic rings. The second-order valence-corrected chi connectivity index (χ2v) is 15.5. The van der Waals surface area contributed by atoms with Gasteiger partial charge in [0.2, 0.25) is 5.91 Å². The Labute approximate surface area is 326 Å². The van der Waals surface area contributed by atoms with E-state index in [-0.39, 0.29) is 34.2 Å². The van der Waals surface area contributed by atoms with Gasteiger partial charge in [0.15, 0.2) is 11.5 Å². The molecule has 1 amide bonds. The number of nitrogens with one attached hydrogen (secondary N) is 2. The summed E-state index contributed by atoms with van der Waals surface area (Å²) < 4.78 is 130. The summed E-state index contributed by atoms with van der Waals surface area (Å²) in [5.74, 6) is -3.35. The molecule has 0 bridgehead atoms. The summed E-state index contributed by atoms with van der Waals surface area (Å²) in [6.07, 6.45) is -7.26. The predicted molar refractivity (Wildman–Crippen MR) is 193 cm³/mol. The Hall–Kier alpha value is -5.06. The van der Waals surface area contributed by atoms with E-state index in [0.29, 0.717) is 26.7 Å². The van der Waals surface area contributed by atoms with Crippen molar-refractivity contribution in [1.82, 2.24) is 29.9 Å². The molecule has 0 saturated heterocycles. The van der Waals surface area contributed by atoms with Gasteiger partial charge in [-0.2, -0.15) is 32.1 Å². The second kappa shape index (κ2) is 14.4. The van der Waals surface area contributed by atoms with E-state index < -0.39 is 102 Å². The zero-order chi connectivity index (χ0) is 41.2. The van der Waals surface area contributed by atoms with Crippen molar-refractivity contribution >= 4 is 45.2 Å². The number of benzene rings is 2. The van der Waals surface area contributed by atoms with Crippen LogP contribution in [0.5, 0.6) is 0 Å². The fourth-order valence-corrected chi connectivity index (χ4v) is 7.95. The number of aromatic nitrogens is 5. The van der Waals surface area contributed by atoms with Gasteiger partial charge < -0.3 is 10.4 Å². The number of anilines is 1. The molecule has 3 heterocycles. The van der Waals surface area contributed by atoms with Crippen molar-refractivity contribution in [2.24, 2.45) is 7.05 Å². The lowest BCUT2D eigenvalue weighted by Crippen LogP contribution is -2.50. The normalized spacial score (nSPS) is 17.6. The third-order valence-electron chi connectivity index (χ3n) is 9.56. The van der Waals surface area contributed by atoms with Crippen molar-refractivity contribution in [1.29, 1.82) is 0 Å². The van der Waals surface area contributed by atoms with Crippen LogP contribution in [0.1, 0.15) is 59.2 Å². The molecule has 2 aromatic carbocycles. The van der Waals surface area contributed by atoms with Gasteiger partial charge in [0, 0.05) is 36.4 Å². The van der Waals surface area contributed by atoms with Gasteiger partial charge in [-0.1, -0.05) is 35.7 Å². The highest BCUT2D eigenvalue weighted by molar-refractivity contribution is 7.85. The Morgan fingerprint density at radius 1 is 1.09 bits per heavy atom. The second-order valence-electron chi connectivity index (χ2n) is 14.0. The van der Waals surface area contributed by atoms with Gasteiger partial charge in [-0.05, 0) is 54.7 Å². The number of pyridine rings is 1. The zero-order valence-corrected chi connectivity index (χ0v) is 31.3. The van der Waals surface area contributed by atoms with E-state index in [1.807, 2.05) is 0 Å². The molecule has 0 aliphatic heterocycles. The number of hydrogen-bond donors (Lipinski definition) is 3. The number of hydrogen-bond acceptors (Lipinski definition) is 6. The number of aryl methyl sites for hydroxylation is 1. The molecule has 0 spiro atoms. The third-order valence-corrected chi connectivity index (χ3v) is 10.4. The van der Waals surface area contributed by atoms with Crippen LogP contribution in [-0.2, 0) is 54.3 Å². The van der Waals surface area contributed by atoms with Crippen molar-refractivity contribution in [3.05, 3.63) is 93.3 Å². The minimum atomic E-state index is -5.08. The molecule has 1 fully saturated rings. The molecular weight excluding hydrogens is 810 g/mol. The number of fused-ring (bicyclic) bond motifs is 2. The Morgan fingerprint density at radius 3 is 2.47 bits per heavy atom. The fourth-order valence-electron chi connectivity index (χ4n) is 7.29. The maximum Gasteiger partial charge on any atom is 0.435 e. The van der Waals surface area contributed by atoms with Gasteiger partial charge in [0.05, 0.1) is 40.5 Å². The van der Waals surface area contributed by atoms with E-state index in [0.717, 1.165) is 6.07 Å². The molecule has 57 heavy (non-hydrogen) atoms. The highest BCUT2D eigenvalue weighted by Gasteiger charge is 2.55. The van der Waals surface area contributed by atoms with Gasteiger partial charge in [-0.25, -0.2) is 22.4 Å². The molecule has 1 unspecified atom stereocenters. The molecule has 1 saturated carbocycles. The standard InChI is InChI=1S/C37H30ClF8N7O3S/c1-52-30-23(8-9-25(38)28(30)33(50-52)51-57(2)56)22-7-6-21(10-12-34(55)17-35(40,41)18-34)47-29(22)26(15-19-4-3-5-20(39)14-19)48-27(54)16-53-32-24(11-13-36(32,42)43)31(49-53)37(44,45)46/h3-9,14,26,55H,11,13,15-18H2,1-2H3,(H,48,54)(H,50,51)/t26-,57?/m0/s1. The van der Waals surface area contributed by atoms with Crippen LogP contribution >= 0.6 is 11.6 Å². The highest BCUT2D eigenvalue weighted by atomic mass is 35.5. The van der Waals surface area contributed by atoms with E-state index in [2.05, 4.69) is 37.1 Å². The molecular formula is C37H30ClF8N7O3S. The lowest BCUT2D eigenvalue weighted by Gasteiger charge is -2.39. The summed E-state index contributed by atoms with van der Waals surface area (Å²) in [6.45, 7) is -1.07. The molecule has 20 heteroatoms. The topological polar surface area (TPSA) is 127 Å². The van der Waals surface area contributed by atoms with Crippen molar-refractivity contribution in [2.45, 2.75) is 68.3 Å². The van der Waals surface area contributed by atoms with E-state index in [4.69, 9.17) is 11.6 Å². The first-order valence-electron chi connectivity index (χ1n) is 17.1. The van der Waals surface area contributed by atoms with Gasteiger partial charge in [-0.15, -0.1) is 0 Å². The van der Waals surface area contributed by atoms with Gasteiger partial charge in [-0.3, -0.25) is 18.9 Å². The van der Waals surface area contributed by atoms with Crippen molar-refractivity contribution < 1.29 is 49.2 Å². The first kappa shape index (κ1) is 40.1. The minimum Gasteiger partial charge on any atom is -0.377 e. The van der Waals surface area contributed by atoms with E-state index in [1.54, 1.807) is 13.1 Å². The average Bonchev–Trinajstić information content (AvgIpc) is 3.73. The van der Waals surface area contributed by atoms with Crippen LogP contribution in [-0.4, -0.2) is 57.5 Å². The summed E-state index contributed by atoms with van der Waals surface area (Å²) in [5, 5.41) is 21.5. The maximum absolute atomic E-state index is 15.0. The molecule has 2 aliphatic carbocycles. The monoisotopic (exact) mass is 839 g/mol. The summed E-state index contributed by atoms with van der Waals surface area (Å²) in [4.78, 5) is 18.5. The van der Waals surface area contributed by atoms with E-state index in [9.17, 15) is 49.2 Å². The molecule has 2 atom stereocenters. The summed E-state index contributed by atoms with van der Waals surface area (Å²) in [6, 6.07) is 10.0. The van der Waals surface area contributed by atoms with Crippen LogP contribution < -0.4 is 10.0 Å². The van der Waals surface area contributed by atoms with Crippen molar-refractivity contribution in [3.8, 4) is 23.0 Å². The number of nitrogens with zero attached hydrogens (tertiary/aromatic N) is 5. The predicted octanol–water partition coefficient (Wildman–Crippen LogP) is 7.00.